The molecule has 0 aliphatic carbocycles. The molecule has 16 heavy (non-hydrogen) atoms. The van der Waals surface area contributed by atoms with Gasteiger partial charge < -0.3 is 5.21 Å². The number of hydrogen-bond acceptors (Lipinski definition) is 2. The summed E-state index contributed by atoms with van der Waals surface area (Å²) in [5, 5.41) is 11.7. The zero-order valence-electron chi connectivity index (χ0n) is 9.77. The van der Waals surface area contributed by atoms with Gasteiger partial charge in [-0.3, -0.25) is 0 Å². The van der Waals surface area contributed by atoms with E-state index in [4.69, 9.17) is 5.21 Å². The van der Waals surface area contributed by atoms with Gasteiger partial charge in [0.25, 0.3) is 0 Å². The van der Waals surface area contributed by atoms with E-state index < -0.39 is 0 Å². The van der Waals surface area contributed by atoms with Crippen LogP contribution >= 0.6 is 0 Å². The lowest BCUT2D eigenvalue weighted by atomic mass is 9.82. The minimum Gasteiger partial charge on any atom is -0.411 e. The summed E-state index contributed by atoms with van der Waals surface area (Å²) >= 11 is 0. The third-order valence-corrected chi connectivity index (χ3v) is 2.60. The molecular formula is C14H17NO. The third kappa shape index (κ3) is 3.11. The van der Waals surface area contributed by atoms with Gasteiger partial charge in [-0.25, -0.2) is 0 Å². The van der Waals surface area contributed by atoms with E-state index in [0.717, 1.165) is 12.0 Å². The van der Waals surface area contributed by atoms with Gasteiger partial charge in [0.1, 0.15) is 0 Å². The summed E-state index contributed by atoms with van der Waals surface area (Å²) in [5.41, 5.74) is 4.83. The highest BCUT2D eigenvalue weighted by atomic mass is 16.4. The van der Waals surface area contributed by atoms with Crippen molar-refractivity contribution in [2.75, 3.05) is 0 Å². The second kappa shape index (κ2) is 5.34. The van der Waals surface area contributed by atoms with Crippen molar-refractivity contribution in [3.63, 3.8) is 0 Å². The molecular weight excluding hydrogens is 198 g/mol. The van der Waals surface area contributed by atoms with Crippen LogP contribution in [0, 0.1) is 5.41 Å². The fraction of sp³-hybridized carbons (Fsp3) is 0.286. The first kappa shape index (κ1) is 12.3. The molecule has 1 aromatic carbocycles. The molecule has 0 heterocycles. The fourth-order valence-electron chi connectivity index (χ4n) is 1.54. The summed E-state index contributed by atoms with van der Waals surface area (Å²) in [6.07, 6.45) is 2.27. The number of hydrogen-bond donors (Lipinski definition) is 1. The lowest BCUT2D eigenvalue weighted by Gasteiger charge is -2.21. The molecule has 0 spiro atoms. The first-order chi connectivity index (χ1) is 7.60. The Labute approximate surface area is 96.6 Å². The predicted octanol–water partition coefficient (Wildman–Crippen LogP) is 3.43. The largest absolute Gasteiger partial charge is 0.411 e. The molecule has 84 valence electrons. The molecule has 0 bridgehead atoms. The van der Waals surface area contributed by atoms with Crippen LogP contribution in [-0.4, -0.2) is 11.4 Å². The first-order valence-electron chi connectivity index (χ1n) is 5.22. The minimum absolute atomic E-state index is 0.327. The Hall–Kier alpha value is -1.79. The van der Waals surface area contributed by atoms with Crippen molar-refractivity contribution >= 4 is 6.21 Å². The zero-order valence-corrected chi connectivity index (χ0v) is 9.77. The van der Waals surface area contributed by atoms with Gasteiger partial charge in [-0.1, -0.05) is 50.8 Å². The molecule has 1 N–H and O–H groups in total. The van der Waals surface area contributed by atoms with Crippen LogP contribution in [-0.2, 0) is 6.42 Å². The van der Waals surface area contributed by atoms with E-state index in [0.29, 0.717) is 0 Å². The topological polar surface area (TPSA) is 32.6 Å². The SMILES string of the molecule is C=C=C(Cc1ccccc1)C(C)(C)/C=N/O. The number of rotatable bonds is 4. The van der Waals surface area contributed by atoms with Crippen LogP contribution in [0.4, 0.5) is 0 Å². The first-order valence-corrected chi connectivity index (χ1v) is 5.22. The van der Waals surface area contributed by atoms with E-state index in [2.05, 4.69) is 29.6 Å². The lowest BCUT2D eigenvalue weighted by molar-refractivity contribution is 0.316. The highest BCUT2D eigenvalue weighted by molar-refractivity contribution is 5.68. The number of nitrogens with zero attached hydrogens (tertiary/aromatic N) is 1. The Morgan fingerprint density at radius 3 is 2.56 bits per heavy atom. The molecule has 0 saturated carbocycles. The van der Waals surface area contributed by atoms with Gasteiger partial charge >= 0.3 is 0 Å². The summed E-state index contributed by atoms with van der Waals surface area (Å²) in [5.74, 6) is 0. The van der Waals surface area contributed by atoms with E-state index in [1.807, 2.05) is 32.0 Å². The standard InChI is InChI=1S/C14H17NO/c1-4-13(14(2,3)11-15-16)10-12-8-6-5-7-9-12/h5-9,11,16H,1,10H2,2-3H3/b15-11+. The molecule has 0 aromatic heterocycles. The molecule has 1 aromatic rings. The monoisotopic (exact) mass is 215 g/mol. The quantitative estimate of drug-likeness (QED) is 0.355. The van der Waals surface area contributed by atoms with Crippen LogP contribution in [0.25, 0.3) is 0 Å². The lowest BCUT2D eigenvalue weighted by Crippen LogP contribution is -2.17. The molecule has 2 nitrogen and oxygen atoms in total. The molecule has 0 aliphatic rings. The average molecular weight is 215 g/mol. The number of oxime groups is 1. The molecule has 0 atom stereocenters. The van der Waals surface area contributed by atoms with Crippen LogP contribution in [0.3, 0.4) is 0 Å². The van der Waals surface area contributed by atoms with Crippen LogP contribution < -0.4 is 0 Å². The Kier molecular flexibility index (Phi) is 4.10. The Balaban J connectivity index is 2.91. The van der Waals surface area contributed by atoms with Gasteiger partial charge in [-0.2, -0.15) is 0 Å². The average Bonchev–Trinajstić information content (AvgIpc) is 2.27. The van der Waals surface area contributed by atoms with E-state index in [1.165, 1.54) is 11.8 Å². The van der Waals surface area contributed by atoms with Crippen molar-refractivity contribution in [3.05, 3.63) is 53.8 Å². The smallest absolute Gasteiger partial charge is 0.0539 e. The number of benzene rings is 1. The van der Waals surface area contributed by atoms with Gasteiger partial charge in [0.05, 0.1) is 6.21 Å². The third-order valence-electron chi connectivity index (χ3n) is 2.60. The van der Waals surface area contributed by atoms with Crippen molar-refractivity contribution in [3.8, 4) is 0 Å². The Morgan fingerprint density at radius 1 is 1.44 bits per heavy atom. The van der Waals surface area contributed by atoms with Crippen LogP contribution in [0.15, 0.2) is 53.4 Å². The van der Waals surface area contributed by atoms with Gasteiger partial charge in [-0.05, 0) is 11.1 Å². The van der Waals surface area contributed by atoms with Crippen LogP contribution in [0.2, 0.25) is 0 Å². The van der Waals surface area contributed by atoms with Crippen LogP contribution in [0.1, 0.15) is 19.4 Å². The normalized spacial score (nSPS) is 11.4. The maximum atomic E-state index is 8.62. The zero-order chi connectivity index (χ0) is 12.0. The molecule has 0 saturated heterocycles. The molecule has 0 unspecified atom stereocenters. The van der Waals surface area contributed by atoms with Crippen molar-refractivity contribution in [1.82, 2.24) is 0 Å². The Bertz CT molecular complexity index is 412. The maximum absolute atomic E-state index is 8.62. The molecule has 1 rings (SSSR count). The van der Waals surface area contributed by atoms with Crippen molar-refractivity contribution in [2.45, 2.75) is 20.3 Å². The molecule has 0 amide bonds. The van der Waals surface area contributed by atoms with Crippen molar-refractivity contribution in [2.24, 2.45) is 10.6 Å². The van der Waals surface area contributed by atoms with Crippen molar-refractivity contribution < 1.29 is 5.21 Å². The highest BCUT2D eigenvalue weighted by Gasteiger charge is 2.21. The van der Waals surface area contributed by atoms with Crippen LogP contribution in [0.5, 0.6) is 0 Å². The van der Waals surface area contributed by atoms with E-state index in [-0.39, 0.29) is 5.41 Å². The van der Waals surface area contributed by atoms with Gasteiger partial charge in [-0.15, -0.1) is 10.9 Å². The van der Waals surface area contributed by atoms with Gasteiger partial charge in [0.2, 0.25) is 0 Å². The Morgan fingerprint density at radius 2 is 2.06 bits per heavy atom. The van der Waals surface area contributed by atoms with Gasteiger partial charge in [0.15, 0.2) is 0 Å². The summed E-state index contributed by atoms with van der Waals surface area (Å²) in [6.45, 7) is 7.65. The van der Waals surface area contributed by atoms with E-state index in [1.54, 1.807) is 0 Å². The number of allylic oxidation sites excluding steroid dienone is 1. The fourth-order valence-corrected chi connectivity index (χ4v) is 1.54. The molecule has 0 aliphatic heterocycles. The molecule has 2 heteroatoms. The molecule has 0 radical (unpaired) electrons. The van der Waals surface area contributed by atoms with E-state index in [9.17, 15) is 0 Å². The minimum atomic E-state index is -0.327. The van der Waals surface area contributed by atoms with E-state index >= 15 is 0 Å². The highest BCUT2D eigenvalue weighted by Crippen LogP contribution is 2.26. The predicted molar refractivity (Wildman–Crippen MR) is 66.9 cm³/mol. The molecule has 0 fully saturated rings. The summed E-state index contributed by atoms with van der Waals surface area (Å²) in [6, 6.07) is 10.1. The second-order valence-corrected chi connectivity index (χ2v) is 4.28. The summed E-state index contributed by atoms with van der Waals surface area (Å²) < 4.78 is 0. The summed E-state index contributed by atoms with van der Waals surface area (Å²) in [7, 11) is 0. The second-order valence-electron chi connectivity index (χ2n) is 4.28. The summed E-state index contributed by atoms with van der Waals surface area (Å²) in [4.78, 5) is 0. The van der Waals surface area contributed by atoms with Crippen molar-refractivity contribution in [1.29, 1.82) is 0 Å². The van der Waals surface area contributed by atoms with Gasteiger partial charge in [0, 0.05) is 11.8 Å². The maximum Gasteiger partial charge on any atom is 0.0539 e.